The van der Waals surface area contributed by atoms with E-state index in [9.17, 15) is 9.59 Å². The van der Waals surface area contributed by atoms with Gasteiger partial charge in [0.1, 0.15) is 11.2 Å². The van der Waals surface area contributed by atoms with E-state index in [0.717, 1.165) is 16.0 Å². The van der Waals surface area contributed by atoms with Crippen LogP contribution in [-0.4, -0.2) is 34.9 Å². The highest BCUT2D eigenvalue weighted by molar-refractivity contribution is 8.00. The fourth-order valence-corrected chi connectivity index (χ4v) is 5.90. The molecule has 1 aromatic heterocycles. The molecule has 2 amide bonds. The largest absolute Gasteiger partial charge is 0.494 e. The van der Waals surface area contributed by atoms with Gasteiger partial charge in [0, 0.05) is 17.7 Å². The van der Waals surface area contributed by atoms with Gasteiger partial charge in [-0.2, -0.15) is 0 Å². The maximum Gasteiger partial charge on any atom is 0.227 e. The molecule has 4 rings (SSSR count). The number of ether oxygens (including phenoxy) is 1. The zero-order chi connectivity index (χ0) is 23.4. The summed E-state index contributed by atoms with van der Waals surface area (Å²) in [6.45, 7) is 6.59. The quantitative estimate of drug-likeness (QED) is 0.435. The third-order valence-electron chi connectivity index (χ3n) is 5.56. The maximum atomic E-state index is 12.8. The summed E-state index contributed by atoms with van der Waals surface area (Å²) in [5.74, 6) is -0.0106. The average Bonchev–Trinajstić information content (AvgIpc) is 3.18. The van der Waals surface area contributed by atoms with Crippen molar-refractivity contribution in [3.8, 4) is 5.75 Å². The molecular formula is C24H28N4O3S2. The number of hydrogen-bond donors (Lipinski definition) is 3. The zero-order valence-corrected chi connectivity index (χ0v) is 20.5. The first-order chi connectivity index (χ1) is 15.9. The summed E-state index contributed by atoms with van der Waals surface area (Å²) in [5.41, 5.74) is 1.80. The Labute approximate surface area is 201 Å². The van der Waals surface area contributed by atoms with Gasteiger partial charge in [-0.25, -0.2) is 4.98 Å². The lowest BCUT2D eigenvalue weighted by Gasteiger charge is -2.36. The predicted molar refractivity (Wildman–Crippen MR) is 135 cm³/mol. The lowest BCUT2D eigenvalue weighted by molar-refractivity contribution is -0.131. The first-order valence-corrected chi connectivity index (χ1v) is 12.8. The van der Waals surface area contributed by atoms with Gasteiger partial charge in [-0.3, -0.25) is 14.9 Å². The number of thioether (sulfide) groups is 1. The van der Waals surface area contributed by atoms with E-state index in [4.69, 9.17) is 4.74 Å². The van der Waals surface area contributed by atoms with Crippen LogP contribution in [0, 0.1) is 5.92 Å². The zero-order valence-electron chi connectivity index (χ0n) is 18.8. The van der Waals surface area contributed by atoms with Crippen molar-refractivity contribution < 1.29 is 14.3 Å². The molecule has 4 unspecified atom stereocenters. The minimum atomic E-state index is -0.451. The van der Waals surface area contributed by atoms with Gasteiger partial charge in [0.05, 0.1) is 22.7 Å². The summed E-state index contributed by atoms with van der Waals surface area (Å²) >= 11 is 3.04. The Hall–Kier alpha value is -2.62. The molecule has 0 saturated carbocycles. The number of carbonyl (C=O) groups is 2. The molecule has 0 spiro atoms. The normalized spacial score (nSPS) is 21.4. The van der Waals surface area contributed by atoms with Crippen LogP contribution in [0.2, 0.25) is 0 Å². The Morgan fingerprint density at radius 3 is 2.79 bits per heavy atom. The van der Waals surface area contributed by atoms with E-state index < -0.39 is 5.92 Å². The predicted octanol–water partition coefficient (Wildman–Crippen LogP) is 4.53. The number of nitrogens with zero attached hydrogens (tertiary/aromatic N) is 1. The van der Waals surface area contributed by atoms with Crippen LogP contribution in [0.1, 0.15) is 38.0 Å². The van der Waals surface area contributed by atoms with Crippen LogP contribution in [0.15, 0.2) is 48.5 Å². The number of carbonyl (C=O) groups excluding carboxylic acids is 2. The minimum Gasteiger partial charge on any atom is -0.494 e. The first kappa shape index (κ1) is 23.5. The molecule has 9 heteroatoms. The van der Waals surface area contributed by atoms with E-state index in [1.165, 1.54) is 16.9 Å². The molecule has 33 heavy (non-hydrogen) atoms. The van der Waals surface area contributed by atoms with E-state index in [-0.39, 0.29) is 35.0 Å². The van der Waals surface area contributed by atoms with E-state index in [2.05, 4.69) is 40.0 Å². The average molecular weight is 485 g/mol. The molecule has 174 valence electrons. The molecule has 1 aliphatic heterocycles. The van der Waals surface area contributed by atoms with E-state index in [1.54, 1.807) is 11.8 Å². The number of thiazole rings is 1. The Kier molecular flexibility index (Phi) is 7.52. The van der Waals surface area contributed by atoms with Gasteiger partial charge in [0.25, 0.3) is 0 Å². The number of aromatic nitrogens is 1. The second-order valence-electron chi connectivity index (χ2n) is 7.97. The SMILES string of the molecule is CCOc1ccc2nc(NC(=O)CC3C(=O)NC(SC(C)c4ccccc4)NC3C)sc2c1. The summed E-state index contributed by atoms with van der Waals surface area (Å²) in [6, 6.07) is 15.7. The van der Waals surface area contributed by atoms with Gasteiger partial charge in [0.15, 0.2) is 5.13 Å². The molecule has 0 bridgehead atoms. The number of benzene rings is 2. The van der Waals surface area contributed by atoms with Crippen LogP contribution >= 0.6 is 23.1 Å². The van der Waals surface area contributed by atoms with Crippen molar-refractivity contribution in [3.05, 3.63) is 54.1 Å². The Bertz CT molecular complexity index is 1120. The van der Waals surface area contributed by atoms with Crippen molar-refractivity contribution in [1.29, 1.82) is 0 Å². The van der Waals surface area contributed by atoms with E-state index in [0.29, 0.717) is 11.7 Å². The molecular weight excluding hydrogens is 456 g/mol. The van der Waals surface area contributed by atoms with Crippen LogP contribution in [0.25, 0.3) is 10.2 Å². The molecule has 2 heterocycles. The van der Waals surface area contributed by atoms with Crippen molar-refractivity contribution in [3.63, 3.8) is 0 Å². The maximum absolute atomic E-state index is 12.8. The Balaban J connectivity index is 1.33. The summed E-state index contributed by atoms with van der Waals surface area (Å²) in [7, 11) is 0. The number of anilines is 1. The number of rotatable bonds is 8. The molecule has 7 nitrogen and oxygen atoms in total. The second-order valence-corrected chi connectivity index (χ2v) is 10.5. The Morgan fingerprint density at radius 1 is 1.27 bits per heavy atom. The van der Waals surface area contributed by atoms with Crippen molar-refractivity contribution in [2.75, 3.05) is 11.9 Å². The van der Waals surface area contributed by atoms with Gasteiger partial charge >= 0.3 is 0 Å². The smallest absolute Gasteiger partial charge is 0.227 e. The highest BCUT2D eigenvalue weighted by atomic mass is 32.2. The van der Waals surface area contributed by atoms with Crippen LogP contribution in [0.4, 0.5) is 5.13 Å². The van der Waals surface area contributed by atoms with Crippen molar-refractivity contribution in [1.82, 2.24) is 15.6 Å². The number of hydrogen-bond acceptors (Lipinski definition) is 7. The molecule has 3 aromatic rings. The molecule has 0 radical (unpaired) electrons. The summed E-state index contributed by atoms with van der Waals surface area (Å²) in [4.78, 5) is 29.9. The molecule has 1 saturated heterocycles. The molecule has 1 aliphatic rings. The first-order valence-electron chi connectivity index (χ1n) is 11.0. The van der Waals surface area contributed by atoms with E-state index in [1.807, 2.05) is 50.2 Å². The second kappa shape index (κ2) is 10.5. The van der Waals surface area contributed by atoms with Gasteiger partial charge in [-0.05, 0) is 44.5 Å². The molecule has 3 N–H and O–H groups in total. The van der Waals surface area contributed by atoms with Crippen molar-refractivity contribution in [2.24, 2.45) is 5.92 Å². The van der Waals surface area contributed by atoms with Gasteiger partial charge < -0.3 is 15.4 Å². The van der Waals surface area contributed by atoms with Gasteiger partial charge in [-0.1, -0.05) is 41.7 Å². The molecule has 2 aromatic carbocycles. The number of nitrogens with one attached hydrogen (secondary N) is 3. The highest BCUT2D eigenvalue weighted by Crippen LogP contribution is 2.32. The van der Waals surface area contributed by atoms with E-state index >= 15 is 0 Å². The Morgan fingerprint density at radius 2 is 2.06 bits per heavy atom. The van der Waals surface area contributed by atoms with Crippen LogP contribution < -0.4 is 20.7 Å². The number of amides is 2. The molecule has 1 fully saturated rings. The van der Waals surface area contributed by atoms with Gasteiger partial charge in [-0.15, -0.1) is 11.8 Å². The van der Waals surface area contributed by atoms with Gasteiger partial charge in [0.2, 0.25) is 11.8 Å². The lowest BCUT2D eigenvalue weighted by Crippen LogP contribution is -2.59. The van der Waals surface area contributed by atoms with Crippen LogP contribution in [0.5, 0.6) is 5.75 Å². The fraction of sp³-hybridized carbons (Fsp3) is 0.375. The number of fused-ring (bicyclic) bond motifs is 1. The summed E-state index contributed by atoms with van der Waals surface area (Å²) < 4.78 is 6.46. The lowest BCUT2D eigenvalue weighted by atomic mass is 9.94. The van der Waals surface area contributed by atoms with Crippen molar-refractivity contribution >= 4 is 50.3 Å². The minimum absolute atomic E-state index is 0.0890. The molecule has 4 atom stereocenters. The highest BCUT2D eigenvalue weighted by Gasteiger charge is 2.35. The third-order valence-corrected chi connectivity index (χ3v) is 7.70. The summed E-state index contributed by atoms with van der Waals surface area (Å²) in [6.07, 6.45) is 0.0890. The topological polar surface area (TPSA) is 92.3 Å². The van der Waals surface area contributed by atoms with Crippen molar-refractivity contribution in [2.45, 2.75) is 44.0 Å². The summed E-state index contributed by atoms with van der Waals surface area (Å²) in [5, 5.41) is 10.0. The van der Waals surface area contributed by atoms with Crippen LogP contribution in [-0.2, 0) is 9.59 Å². The van der Waals surface area contributed by atoms with Crippen LogP contribution in [0.3, 0.4) is 0 Å². The standard InChI is InChI=1S/C24H28N4O3S2/c1-4-31-17-10-11-19-20(12-17)33-24(26-19)27-21(29)13-18-14(2)25-23(28-22(18)30)32-15(3)16-8-6-5-7-9-16/h5-12,14-15,18,23,25H,4,13H2,1-3H3,(H,28,30)(H,26,27,29). The molecule has 0 aliphatic carbocycles. The third kappa shape index (κ3) is 5.85. The monoisotopic (exact) mass is 484 g/mol. The fourth-order valence-electron chi connectivity index (χ4n) is 3.79.